The molecule has 0 bridgehead atoms. The normalized spacial score (nSPS) is 11.3. The van der Waals surface area contributed by atoms with E-state index < -0.39 is 0 Å². The zero-order chi connectivity index (χ0) is 18.1. The Morgan fingerprint density at radius 2 is 1.81 bits per heavy atom. The fourth-order valence-corrected chi connectivity index (χ4v) is 2.75. The van der Waals surface area contributed by atoms with Gasteiger partial charge < -0.3 is 19.7 Å². The Labute approximate surface area is 175 Å². The van der Waals surface area contributed by atoms with Crippen LogP contribution in [0.4, 0.5) is 0 Å². The fraction of sp³-hybridized carbons (Fsp3) is 0.450. The minimum absolute atomic E-state index is 0. The van der Waals surface area contributed by atoms with E-state index in [2.05, 4.69) is 96.4 Å². The number of likely N-dealkylation sites (N-methyl/N-ethyl adjacent to an activating group) is 1. The molecule has 26 heavy (non-hydrogen) atoms. The van der Waals surface area contributed by atoms with Crippen molar-refractivity contribution in [1.82, 2.24) is 19.7 Å². The molecule has 1 aromatic heterocycles. The van der Waals surface area contributed by atoms with Crippen molar-refractivity contribution in [2.45, 2.75) is 20.0 Å². The molecule has 5 nitrogen and oxygen atoms in total. The number of nitrogens with one attached hydrogen (secondary N) is 1. The third-order valence-electron chi connectivity index (χ3n) is 4.19. The maximum atomic E-state index is 4.79. The van der Waals surface area contributed by atoms with Crippen LogP contribution in [0.2, 0.25) is 0 Å². The molecule has 0 saturated carbocycles. The van der Waals surface area contributed by atoms with Crippen LogP contribution < -0.4 is 5.32 Å². The summed E-state index contributed by atoms with van der Waals surface area (Å²) < 4.78 is 2.15. The summed E-state index contributed by atoms with van der Waals surface area (Å²) in [6.07, 6.45) is 2.08. The maximum absolute atomic E-state index is 4.79. The molecule has 1 heterocycles. The number of aliphatic imine (C=N–C) groups is 1. The molecule has 0 atom stereocenters. The highest BCUT2D eigenvalue weighted by Gasteiger charge is 2.08. The predicted molar refractivity (Wildman–Crippen MR) is 121 cm³/mol. The van der Waals surface area contributed by atoms with Gasteiger partial charge in [0.1, 0.15) is 0 Å². The number of hydrogen-bond acceptors (Lipinski definition) is 2. The maximum Gasteiger partial charge on any atom is 0.194 e. The van der Waals surface area contributed by atoms with Crippen molar-refractivity contribution < 1.29 is 0 Å². The third kappa shape index (κ3) is 7.37. The first kappa shape index (κ1) is 22.5. The van der Waals surface area contributed by atoms with E-state index in [4.69, 9.17) is 4.99 Å². The summed E-state index contributed by atoms with van der Waals surface area (Å²) in [5.41, 5.74) is 2.61. The highest BCUT2D eigenvalue weighted by atomic mass is 127. The van der Waals surface area contributed by atoms with E-state index in [1.165, 1.54) is 11.3 Å². The Kier molecular flexibility index (Phi) is 10.3. The van der Waals surface area contributed by atoms with Gasteiger partial charge in [-0.1, -0.05) is 30.3 Å². The molecule has 0 spiro atoms. The van der Waals surface area contributed by atoms with Gasteiger partial charge in [-0.3, -0.25) is 4.99 Å². The van der Waals surface area contributed by atoms with Crippen LogP contribution in [-0.4, -0.2) is 54.1 Å². The first-order valence-electron chi connectivity index (χ1n) is 8.92. The Morgan fingerprint density at radius 3 is 2.42 bits per heavy atom. The van der Waals surface area contributed by atoms with Crippen molar-refractivity contribution in [3.05, 3.63) is 59.9 Å². The second kappa shape index (κ2) is 12.0. The van der Waals surface area contributed by atoms with E-state index in [1.807, 2.05) is 0 Å². The van der Waals surface area contributed by atoms with Gasteiger partial charge in [0, 0.05) is 45.6 Å². The zero-order valence-electron chi connectivity index (χ0n) is 16.4. The number of halogens is 1. The summed E-state index contributed by atoms with van der Waals surface area (Å²) in [6, 6.07) is 14.8. The predicted octanol–water partition coefficient (Wildman–Crippen LogP) is 3.17. The van der Waals surface area contributed by atoms with Crippen LogP contribution in [0.1, 0.15) is 18.2 Å². The summed E-state index contributed by atoms with van der Waals surface area (Å²) in [6.45, 7) is 6.48. The molecule has 1 aromatic carbocycles. The van der Waals surface area contributed by atoms with E-state index in [0.717, 1.165) is 38.7 Å². The lowest BCUT2D eigenvalue weighted by Gasteiger charge is -2.23. The Balaban J connectivity index is 0.00000338. The minimum atomic E-state index is 0. The van der Waals surface area contributed by atoms with Crippen molar-refractivity contribution in [3.63, 3.8) is 0 Å². The molecule has 2 aromatic rings. The largest absolute Gasteiger partial charge is 0.357 e. The smallest absolute Gasteiger partial charge is 0.194 e. The molecule has 1 N–H and O–H groups in total. The first-order chi connectivity index (χ1) is 12.1. The SMILES string of the molecule is CCNC(=NCCN(C)Cc1ccccc1)N(C)Cc1cccn1C.I. The molecule has 0 fully saturated rings. The van der Waals surface area contributed by atoms with E-state index >= 15 is 0 Å². The van der Waals surface area contributed by atoms with Crippen molar-refractivity contribution in [1.29, 1.82) is 0 Å². The number of hydrogen-bond donors (Lipinski definition) is 1. The minimum Gasteiger partial charge on any atom is -0.357 e. The second-order valence-electron chi connectivity index (χ2n) is 6.43. The van der Waals surface area contributed by atoms with E-state index in [1.54, 1.807) is 0 Å². The lowest BCUT2D eigenvalue weighted by Crippen LogP contribution is -2.39. The van der Waals surface area contributed by atoms with Gasteiger partial charge >= 0.3 is 0 Å². The molecule has 0 aliphatic carbocycles. The van der Waals surface area contributed by atoms with Gasteiger partial charge in [-0.25, -0.2) is 0 Å². The molecule has 0 unspecified atom stereocenters. The second-order valence-corrected chi connectivity index (χ2v) is 6.43. The summed E-state index contributed by atoms with van der Waals surface area (Å²) in [5, 5.41) is 3.39. The van der Waals surface area contributed by atoms with Gasteiger partial charge in [-0.15, -0.1) is 24.0 Å². The standard InChI is InChI=1S/C20H31N5.HI/c1-5-21-20(25(4)17-19-12-9-14-24(19)3)22-13-15-23(2)16-18-10-7-6-8-11-18;/h6-12,14H,5,13,15-17H2,1-4H3,(H,21,22);1H. The fourth-order valence-electron chi connectivity index (χ4n) is 2.75. The lowest BCUT2D eigenvalue weighted by molar-refractivity contribution is 0.335. The summed E-state index contributed by atoms with van der Waals surface area (Å²) in [5.74, 6) is 0.955. The van der Waals surface area contributed by atoms with Crippen molar-refractivity contribution in [2.75, 3.05) is 33.7 Å². The molecule has 0 aliphatic rings. The van der Waals surface area contributed by atoms with Crippen molar-refractivity contribution in [2.24, 2.45) is 12.0 Å². The van der Waals surface area contributed by atoms with Crippen molar-refractivity contribution >= 4 is 29.9 Å². The molecule has 0 aliphatic heterocycles. The van der Waals surface area contributed by atoms with Crippen LogP contribution >= 0.6 is 24.0 Å². The van der Waals surface area contributed by atoms with E-state index in [-0.39, 0.29) is 24.0 Å². The highest BCUT2D eigenvalue weighted by molar-refractivity contribution is 14.0. The molecule has 0 radical (unpaired) electrons. The molecule has 6 heteroatoms. The average molecular weight is 469 g/mol. The zero-order valence-corrected chi connectivity index (χ0v) is 18.7. The molecule has 2 rings (SSSR count). The van der Waals surface area contributed by atoms with Crippen molar-refractivity contribution in [3.8, 4) is 0 Å². The molecule has 144 valence electrons. The van der Waals surface area contributed by atoms with Crippen LogP contribution in [-0.2, 0) is 20.1 Å². The van der Waals surface area contributed by atoms with Crippen LogP contribution in [0, 0.1) is 0 Å². The topological polar surface area (TPSA) is 35.8 Å². The number of nitrogens with zero attached hydrogens (tertiary/aromatic N) is 4. The number of benzene rings is 1. The van der Waals surface area contributed by atoms with Gasteiger partial charge in [-0.05, 0) is 31.7 Å². The Hall–Kier alpha value is -1.54. The number of aryl methyl sites for hydroxylation is 1. The first-order valence-corrected chi connectivity index (χ1v) is 8.92. The number of rotatable bonds is 8. The van der Waals surface area contributed by atoms with Gasteiger partial charge in [-0.2, -0.15) is 0 Å². The van der Waals surface area contributed by atoms with Crippen LogP contribution in [0.15, 0.2) is 53.7 Å². The van der Waals surface area contributed by atoms with Crippen LogP contribution in [0.25, 0.3) is 0 Å². The number of guanidine groups is 1. The Morgan fingerprint density at radius 1 is 1.08 bits per heavy atom. The monoisotopic (exact) mass is 469 g/mol. The highest BCUT2D eigenvalue weighted by Crippen LogP contribution is 2.04. The van der Waals surface area contributed by atoms with Gasteiger partial charge in [0.15, 0.2) is 5.96 Å². The molecular weight excluding hydrogens is 437 g/mol. The van der Waals surface area contributed by atoms with E-state index in [9.17, 15) is 0 Å². The van der Waals surface area contributed by atoms with Gasteiger partial charge in [0.05, 0.1) is 13.1 Å². The lowest BCUT2D eigenvalue weighted by atomic mass is 10.2. The quantitative estimate of drug-likeness (QED) is 0.367. The van der Waals surface area contributed by atoms with Crippen LogP contribution in [0.5, 0.6) is 0 Å². The molecule has 0 amide bonds. The summed E-state index contributed by atoms with van der Waals surface area (Å²) >= 11 is 0. The number of aromatic nitrogens is 1. The molecular formula is C20H32IN5. The van der Waals surface area contributed by atoms with Gasteiger partial charge in [0.2, 0.25) is 0 Å². The summed E-state index contributed by atoms with van der Waals surface area (Å²) in [4.78, 5) is 9.27. The van der Waals surface area contributed by atoms with E-state index in [0.29, 0.717) is 0 Å². The third-order valence-corrected chi connectivity index (χ3v) is 4.19. The van der Waals surface area contributed by atoms with Gasteiger partial charge in [0.25, 0.3) is 0 Å². The van der Waals surface area contributed by atoms with Crippen LogP contribution in [0.3, 0.4) is 0 Å². The average Bonchev–Trinajstić information content (AvgIpc) is 3.00. The Bertz CT molecular complexity index is 653. The summed E-state index contributed by atoms with van der Waals surface area (Å²) in [7, 11) is 6.30. The molecule has 0 saturated heterocycles.